The Morgan fingerprint density at radius 1 is 0.976 bits per heavy atom. The third-order valence-electron chi connectivity index (χ3n) is 8.20. The summed E-state index contributed by atoms with van der Waals surface area (Å²) in [7, 11) is -1.23. The van der Waals surface area contributed by atoms with Crippen LogP contribution in [0.2, 0.25) is 0 Å². The summed E-state index contributed by atoms with van der Waals surface area (Å²) >= 11 is 0. The Hall–Kier alpha value is -3.13. The minimum atomic E-state index is -3.25. The van der Waals surface area contributed by atoms with E-state index < -0.39 is 15.6 Å². The van der Waals surface area contributed by atoms with Gasteiger partial charge in [-0.05, 0) is 26.0 Å². The minimum Gasteiger partial charge on any atom is -0.378 e. The van der Waals surface area contributed by atoms with Gasteiger partial charge in [0.1, 0.15) is 11.6 Å². The maximum Gasteiger partial charge on any atom is 0.239 e. The van der Waals surface area contributed by atoms with Gasteiger partial charge in [-0.25, -0.2) is 18.4 Å². The second-order valence-corrected chi connectivity index (χ2v) is 13.5. The van der Waals surface area contributed by atoms with Gasteiger partial charge >= 0.3 is 0 Å². The van der Waals surface area contributed by atoms with Gasteiger partial charge in [-0.3, -0.25) is 9.47 Å². The number of aryl methyl sites for hydroxylation is 2. The lowest BCUT2D eigenvalue weighted by Gasteiger charge is -2.45. The lowest BCUT2D eigenvalue weighted by atomic mass is 10.0. The van der Waals surface area contributed by atoms with E-state index in [0.29, 0.717) is 45.2 Å². The number of aromatic nitrogens is 6. The highest BCUT2D eigenvalue weighted by Gasteiger charge is 2.38. The number of piperazine rings is 1. The van der Waals surface area contributed by atoms with Crippen LogP contribution >= 0.6 is 0 Å². The van der Waals surface area contributed by atoms with E-state index >= 15 is 0 Å². The van der Waals surface area contributed by atoms with Crippen LogP contribution in [0.3, 0.4) is 0 Å². The fourth-order valence-corrected chi connectivity index (χ4v) is 7.61. The number of sulfonamides is 1. The summed E-state index contributed by atoms with van der Waals surface area (Å²) in [5, 5.41) is 0. The van der Waals surface area contributed by atoms with Gasteiger partial charge in [0.15, 0.2) is 17.0 Å². The molecule has 220 valence electrons. The maximum atomic E-state index is 12.3. The summed E-state index contributed by atoms with van der Waals surface area (Å²) in [6, 6.07) is 8.09. The van der Waals surface area contributed by atoms with Gasteiger partial charge in [-0.15, -0.1) is 0 Å². The van der Waals surface area contributed by atoms with Crippen molar-refractivity contribution in [1.82, 2.24) is 38.3 Å². The molecule has 2 saturated heterocycles. The van der Waals surface area contributed by atoms with Gasteiger partial charge < -0.3 is 14.2 Å². The molecule has 0 atom stereocenters. The minimum absolute atomic E-state index is 0.466. The molecule has 0 radical (unpaired) electrons. The molecule has 4 aromatic rings. The number of morpholine rings is 1. The summed E-state index contributed by atoms with van der Waals surface area (Å²) < 4.78 is 36.0. The average molecular weight is 582 g/mol. The van der Waals surface area contributed by atoms with E-state index in [9.17, 15) is 8.42 Å². The largest absolute Gasteiger partial charge is 0.378 e. The van der Waals surface area contributed by atoms with Gasteiger partial charge in [-0.1, -0.05) is 19.1 Å². The summed E-state index contributed by atoms with van der Waals surface area (Å²) in [5.41, 5.74) is 3.01. The number of ether oxygens (including phenoxy) is 1. The third kappa shape index (κ3) is 5.20. The monoisotopic (exact) mass is 581 g/mol. The number of fused-ring (bicyclic) bond motifs is 2. The van der Waals surface area contributed by atoms with Crippen LogP contribution < -0.4 is 4.90 Å². The molecule has 0 aliphatic carbocycles. The second-order valence-electron chi connectivity index (χ2n) is 11.6. The fourth-order valence-electron chi connectivity index (χ4n) is 6.24. The number of imidazole rings is 2. The summed E-state index contributed by atoms with van der Waals surface area (Å²) in [4.78, 5) is 24.7. The van der Waals surface area contributed by atoms with Crippen LogP contribution in [0.15, 0.2) is 24.3 Å². The van der Waals surface area contributed by atoms with E-state index in [1.165, 1.54) is 6.26 Å². The van der Waals surface area contributed by atoms with Crippen molar-refractivity contribution in [3.63, 3.8) is 0 Å². The van der Waals surface area contributed by atoms with Crippen LogP contribution in [-0.4, -0.2) is 111 Å². The van der Waals surface area contributed by atoms with Crippen LogP contribution in [-0.2, 0) is 34.6 Å². The molecule has 0 spiro atoms. The Labute approximate surface area is 241 Å². The first-order valence-electron chi connectivity index (χ1n) is 14.3. The molecule has 2 fully saturated rings. The molecule has 0 bridgehead atoms. The van der Waals surface area contributed by atoms with Gasteiger partial charge in [0.2, 0.25) is 16.0 Å². The van der Waals surface area contributed by atoms with Crippen molar-refractivity contribution in [2.24, 2.45) is 7.05 Å². The summed E-state index contributed by atoms with van der Waals surface area (Å²) in [5.74, 6) is 3.25. The first-order chi connectivity index (χ1) is 19.6. The molecule has 6 rings (SSSR count). The molecule has 12 nitrogen and oxygen atoms in total. The first kappa shape index (κ1) is 28.0. The number of rotatable bonds is 7. The van der Waals surface area contributed by atoms with Gasteiger partial charge in [0.05, 0.1) is 30.5 Å². The highest BCUT2D eigenvalue weighted by molar-refractivity contribution is 7.88. The summed E-state index contributed by atoms with van der Waals surface area (Å²) in [6.45, 7) is 11.5. The zero-order valence-corrected chi connectivity index (χ0v) is 25.4. The molecule has 41 heavy (non-hydrogen) atoms. The van der Waals surface area contributed by atoms with Crippen molar-refractivity contribution < 1.29 is 13.2 Å². The Morgan fingerprint density at radius 3 is 2.44 bits per heavy atom. The molecule has 1 aromatic carbocycles. The molecule has 2 aliphatic rings. The predicted octanol–water partition coefficient (Wildman–Crippen LogP) is 2.00. The van der Waals surface area contributed by atoms with E-state index in [1.807, 2.05) is 39.1 Å². The molecule has 13 heteroatoms. The first-order valence-corrected chi connectivity index (χ1v) is 16.1. The lowest BCUT2D eigenvalue weighted by molar-refractivity contribution is 0.0824. The van der Waals surface area contributed by atoms with Crippen LogP contribution in [0.1, 0.15) is 32.4 Å². The summed E-state index contributed by atoms with van der Waals surface area (Å²) in [6.07, 6.45) is 2.76. The standard InChI is InChI=1S/C28H39N9O3S/c1-6-22-29-20-9-7-8-10-21(20)37(22)27-31-25-24(26(32-27)35-15-17-40-18-16-35)30-23(33(25)4)11-12-34-13-14-36(41(5,38)39)28(2,3)19-34/h7-10H,6,11-19H2,1-5H3. The Bertz CT molecular complexity index is 1690. The molecule has 3 aromatic heterocycles. The zero-order valence-electron chi connectivity index (χ0n) is 24.5. The molecular weight excluding hydrogens is 542 g/mol. The van der Waals surface area contributed by atoms with Crippen LogP contribution in [0.25, 0.3) is 28.1 Å². The number of nitrogens with zero attached hydrogens (tertiary/aromatic N) is 9. The van der Waals surface area contributed by atoms with Gasteiger partial charge in [0, 0.05) is 64.7 Å². The molecule has 0 amide bonds. The van der Waals surface area contributed by atoms with E-state index in [1.54, 1.807) is 4.31 Å². The SMILES string of the molecule is CCc1nc2ccccc2n1-c1nc(N2CCOCC2)c2nc(CCN3CCN(S(C)(=O)=O)C(C)(C)C3)n(C)c2n1. The predicted molar refractivity (Wildman–Crippen MR) is 159 cm³/mol. The van der Waals surface area contributed by atoms with E-state index in [-0.39, 0.29) is 0 Å². The topological polar surface area (TPSA) is 115 Å². The number of benzene rings is 1. The van der Waals surface area contributed by atoms with Crippen LogP contribution in [0, 0.1) is 0 Å². The number of hydrogen-bond acceptors (Lipinski definition) is 9. The number of hydrogen-bond donors (Lipinski definition) is 0. The lowest BCUT2D eigenvalue weighted by Crippen LogP contribution is -2.60. The Balaban J connectivity index is 1.37. The number of anilines is 1. The van der Waals surface area contributed by atoms with E-state index in [4.69, 9.17) is 24.7 Å². The van der Waals surface area contributed by atoms with Crippen molar-refractivity contribution >= 4 is 38.0 Å². The normalized spacial score (nSPS) is 19.0. The average Bonchev–Trinajstić information content (AvgIpc) is 3.48. The highest BCUT2D eigenvalue weighted by atomic mass is 32.2. The molecule has 0 N–H and O–H groups in total. The number of para-hydroxylation sites is 2. The van der Waals surface area contributed by atoms with Crippen LogP contribution in [0.4, 0.5) is 5.82 Å². The quantitative estimate of drug-likeness (QED) is 0.323. The molecule has 5 heterocycles. The van der Waals surface area contributed by atoms with Crippen molar-refractivity contribution in [3.05, 3.63) is 35.9 Å². The molecule has 0 saturated carbocycles. The smallest absolute Gasteiger partial charge is 0.239 e. The zero-order chi connectivity index (χ0) is 28.9. The van der Waals surface area contributed by atoms with Gasteiger partial charge in [-0.2, -0.15) is 14.3 Å². The third-order valence-corrected chi connectivity index (χ3v) is 9.67. The van der Waals surface area contributed by atoms with E-state index in [0.717, 1.165) is 65.7 Å². The fraction of sp³-hybridized carbons (Fsp3) is 0.571. The molecule has 2 aliphatic heterocycles. The van der Waals surface area contributed by atoms with E-state index in [2.05, 4.69) is 31.9 Å². The van der Waals surface area contributed by atoms with Gasteiger partial charge in [0.25, 0.3) is 0 Å². The maximum absolute atomic E-state index is 12.3. The van der Waals surface area contributed by atoms with Crippen molar-refractivity contribution in [1.29, 1.82) is 0 Å². The van der Waals surface area contributed by atoms with Crippen molar-refractivity contribution in [2.75, 3.05) is 63.6 Å². The van der Waals surface area contributed by atoms with Crippen molar-refractivity contribution in [3.8, 4) is 5.95 Å². The Kier molecular flexibility index (Phi) is 7.25. The van der Waals surface area contributed by atoms with Crippen LogP contribution in [0.5, 0.6) is 0 Å². The molecule has 0 unspecified atom stereocenters. The second kappa shape index (κ2) is 10.6. The highest BCUT2D eigenvalue weighted by Crippen LogP contribution is 2.29. The molecular formula is C28H39N9O3S. The Morgan fingerprint density at radius 2 is 1.73 bits per heavy atom. The van der Waals surface area contributed by atoms with Crippen molar-refractivity contribution in [2.45, 2.75) is 39.2 Å².